The normalized spacial score (nSPS) is 19.9. The Balaban J connectivity index is 2.30. The highest BCUT2D eigenvalue weighted by atomic mass is 16.1. The molecule has 2 rings (SSSR count). The van der Waals surface area contributed by atoms with Crippen molar-refractivity contribution in [1.29, 1.82) is 0 Å². The topological polar surface area (TPSA) is 17.1 Å². The van der Waals surface area contributed by atoms with Gasteiger partial charge in [-0.2, -0.15) is 0 Å². The van der Waals surface area contributed by atoms with E-state index in [1.54, 1.807) is 0 Å². The smallest absolute Gasteiger partial charge is 0.150 e. The molecule has 0 aromatic heterocycles. The van der Waals surface area contributed by atoms with Gasteiger partial charge in [-0.05, 0) is 36.0 Å². The Hall–Kier alpha value is -1.11. The number of hydrogen-bond acceptors (Lipinski definition) is 1. The predicted molar refractivity (Wildman–Crippen MR) is 53.0 cm³/mol. The second-order valence-electron chi connectivity index (χ2n) is 3.83. The van der Waals surface area contributed by atoms with Crippen molar-refractivity contribution in [2.24, 2.45) is 5.92 Å². The van der Waals surface area contributed by atoms with Crippen LogP contribution in [0.5, 0.6) is 0 Å². The van der Waals surface area contributed by atoms with E-state index in [2.05, 4.69) is 13.0 Å². The molecule has 0 radical (unpaired) electrons. The summed E-state index contributed by atoms with van der Waals surface area (Å²) in [6.07, 6.45) is 4.53. The van der Waals surface area contributed by atoms with Crippen molar-refractivity contribution in [3.63, 3.8) is 0 Å². The van der Waals surface area contributed by atoms with Crippen LogP contribution >= 0.6 is 0 Å². The molecule has 1 aromatic rings. The second kappa shape index (κ2) is 3.33. The molecule has 1 atom stereocenters. The highest BCUT2D eigenvalue weighted by molar-refractivity contribution is 5.75. The molecule has 68 valence electrons. The number of carbonyl (C=O) groups is 1. The van der Waals surface area contributed by atoms with Crippen molar-refractivity contribution < 1.29 is 4.79 Å². The quantitative estimate of drug-likeness (QED) is 0.630. The Morgan fingerprint density at radius 3 is 2.85 bits per heavy atom. The van der Waals surface area contributed by atoms with Crippen LogP contribution in [0.4, 0.5) is 0 Å². The third-order valence-corrected chi connectivity index (χ3v) is 2.96. The first-order valence-corrected chi connectivity index (χ1v) is 4.90. The lowest BCUT2D eigenvalue weighted by atomic mass is 10.0. The molecule has 1 aliphatic rings. The van der Waals surface area contributed by atoms with Gasteiger partial charge in [-0.15, -0.1) is 0 Å². The summed E-state index contributed by atoms with van der Waals surface area (Å²) in [5.74, 6) is 0.803. The van der Waals surface area contributed by atoms with Gasteiger partial charge in [-0.1, -0.05) is 25.5 Å². The van der Waals surface area contributed by atoms with Gasteiger partial charge in [0, 0.05) is 5.56 Å². The monoisotopic (exact) mass is 174 g/mol. The minimum Gasteiger partial charge on any atom is -0.298 e. The third-order valence-electron chi connectivity index (χ3n) is 2.96. The van der Waals surface area contributed by atoms with Crippen LogP contribution in [0, 0.1) is 5.92 Å². The van der Waals surface area contributed by atoms with Gasteiger partial charge in [0.05, 0.1) is 0 Å². The molecule has 0 saturated heterocycles. The molecule has 0 bridgehead atoms. The molecule has 0 N–H and O–H groups in total. The van der Waals surface area contributed by atoms with Crippen LogP contribution in [0.2, 0.25) is 0 Å². The fourth-order valence-corrected chi connectivity index (χ4v) is 2.09. The van der Waals surface area contributed by atoms with Crippen LogP contribution < -0.4 is 0 Å². The molecule has 1 heteroatoms. The van der Waals surface area contributed by atoms with Gasteiger partial charge in [0.25, 0.3) is 0 Å². The molecule has 1 aromatic carbocycles. The zero-order chi connectivity index (χ0) is 9.26. The summed E-state index contributed by atoms with van der Waals surface area (Å²) in [7, 11) is 0. The average molecular weight is 174 g/mol. The standard InChI is InChI=1S/C12H14O/c1-2-9-5-11-4-3-10(8-13)7-12(11)6-9/h3-4,7-9H,2,5-6H2,1H3. The maximum atomic E-state index is 10.6. The van der Waals surface area contributed by atoms with E-state index in [1.807, 2.05) is 12.1 Å². The van der Waals surface area contributed by atoms with Crippen molar-refractivity contribution in [3.8, 4) is 0 Å². The highest BCUT2D eigenvalue weighted by Gasteiger charge is 2.19. The SMILES string of the molecule is CCC1Cc2ccc(C=O)cc2C1. The summed E-state index contributed by atoms with van der Waals surface area (Å²) in [6.45, 7) is 2.23. The Morgan fingerprint density at radius 2 is 2.15 bits per heavy atom. The minimum atomic E-state index is 0.803. The number of aldehydes is 1. The summed E-state index contributed by atoms with van der Waals surface area (Å²) in [6, 6.07) is 6.07. The number of rotatable bonds is 2. The van der Waals surface area contributed by atoms with Gasteiger partial charge in [0.2, 0.25) is 0 Å². The van der Waals surface area contributed by atoms with Crippen molar-refractivity contribution in [2.75, 3.05) is 0 Å². The maximum Gasteiger partial charge on any atom is 0.150 e. The van der Waals surface area contributed by atoms with Gasteiger partial charge in [-0.25, -0.2) is 0 Å². The van der Waals surface area contributed by atoms with Gasteiger partial charge >= 0.3 is 0 Å². The second-order valence-corrected chi connectivity index (χ2v) is 3.83. The first kappa shape index (κ1) is 8.49. The van der Waals surface area contributed by atoms with E-state index < -0.39 is 0 Å². The van der Waals surface area contributed by atoms with Crippen LogP contribution in [-0.2, 0) is 12.8 Å². The lowest BCUT2D eigenvalue weighted by Gasteiger charge is -2.01. The molecule has 13 heavy (non-hydrogen) atoms. The van der Waals surface area contributed by atoms with E-state index >= 15 is 0 Å². The Labute approximate surface area is 78.8 Å². The Kier molecular flexibility index (Phi) is 2.17. The largest absolute Gasteiger partial charge is 0.298 e. The van der Waals surface area contributed by atoms with Crippen LogP contribution in [-0.4, -0.2) is 6.29 Å². The molecule has 1 aliphatic carbocycles. The van der Waals surface area contributed by atoms with E-state index in [0.29, 0.717) is 0 Å². The molecule has 1 nitrogen and oxygen atoms in total. The number of benzene rings is 1. The molecule has 0 saturated carbocycles. The third kappa shape index (κ3) is 1.51. The van der Waals surface area contributed by atoms with Crippen LogP contribution in [0.3, 0.4) is 0 Å². The van der Waals surface area contributed by atoms with Gasteiger partial charge < -0.3 is 0 Å². The van der Waals surface area contributed by atoms with E-state index in [-0.39, 0.29) is 0 Å². The zero-order valence-electron chi connectivity index (χ0n) is 7.92. The first-order valence-electron chi connectivity index (χ1n) is 4.90. The lowest BCUT2D eigenvalue weighted by molar-refractivity contribution is 0.112. The molecule has 0 heterocycles. The van der Waals surface area contributed by atoms with Crippen molar-refractivity contribution >= 4 is 6.29 Å². The van der Waals surface area contributed by atoms with Crippen LogP contribution in [0.15, 0.2) is 18.2 Å². The summed E-state index contributed by atoms with van der Waals surface area (Å²) < 4.78 is 0. The van der Waals surface area contributed by atoms with Crippen LogP contribution in [0.1, 0.15) is 34.8 Å². The number of carbonyl (C=O) groups excluding carboxylic acids is 1. The van der Waals surface area contributed by atoms with Crippen molar-refractivity contribution in [3.05, 3.63) is 34.9 Å². The average Bonchev–Trinajstić information content (AvgIpc) is 2.58. The molecule has 0 amide bonds. The number of fused-ring (bicyclic) bond motifs is 1. The van der Waals surface area contributed by atoms with E-state index in [4.69, 9.17) is 0 Å². The summed E-state index contributed by atoms with van der Waals surface area (Å²) in [5.41, 5.74) is 3.64. The van der Waals surface area contributed by atoms with Gasteiger partial charge in [0.1, 0.15) is 6.29 Å². The predicted octanol–water partition coefficient (Wildman–Crippen LogP) is 2.62. The Bertz CT molecular complexity index is 328. The Morgan fingerprint density at radius 1 is 1.38 bits per heavy atom. The number of hydrogen-bond donors (Lipinski definition) is 0. The molecule has 0 spiro atoms. The van der Waals surface area contributed by atoms with Gasteiger partial charge in [0.15, 0.2) is 0 Å². The first-order chi connectivity index (χ1) is 6.33. The minimum absolute atomic E-state index is 0.803. The summed E-state index contributed by atoms with van der Waals surface area (Å²) in [4.78, 5) is 10.6. The van der Waals surface area contributed by atoms with Gasteiger partial charge in [-0.3, -0.25) is 4.79 Å². The molecule has 0 aliphatic heterocycles. The molecular formula is C12H14O. The fraction of sp³-hybridized carbons (Fsp3) is 0.417. The summed E-state index contributed by atoms with van der Waals surface area (Å²) in [5, 5.41) is 0. The lowest BCUT2D eigenvalue weighted by Crippen LogP contribution is -1.95. The molecule has 0 fully saturated rings. The maximum absolute atomic E-state index is 10.6. The fourth-order valence-electron chi connectivity index (χ4n) is 2.09. The van der Waals surface area contributed by atoms with Crippen LogP contribution in [0.25, 0.3) is 0 Å². The van der Waals surface area contributed by atoms with E-state index in [1.165, 1.54) is 24.0 Å². The zero-order valence-corrected chi connectivity index (χ0v) is 7.92. The van der Waals surface area contributed by atoms with E-state index in [9.17, 15) is 4.79 Å². The van der Waals surface area contributed by atoms with Crippen molar-refractivity contribution in [1.82, 2.24) is 0 Å². The highest BCUT2D eigenvalue weighted by Crippen LogP contribution is 2.28. The van der Waals surface area contributed by atoms with Crippen molar-refractivity contribution in [2.45, 2.75) is 26.2 Å². The molecular weight excluding hydrogens is 160 g/mol. The summed E-state index contributed by atoms with van der Waals surface area (Å²) >= 11 is 0. The molecule has 1 unspecified atom stereocenters. The van der Waals surface area contributed by atoms with E-state index in [0.717, 1.165) is 24.2 Å².